The van der Waals surface area contributed by atoms with Crippen molar-refractivity contribution in [3.63, 3.8) is 0 Å². The molecule has 10 heavy (non-hydrogen) atoms. The zero-order chi connectivity index (χ0) is 8.20. The molecule has 54 valence electrons. The number of hydrogen-bond acceptors (Lipinski definition) is 3. The topological polar surface area (TPSA) is 64.3 Å². The smallest absolute Gasteiger partial charge is 0.259 e. The van der Waals surface area contributed by atoms with Gasteiger partial charge in [0, 0.05) is 0 Å². The second kappa shape index (κ2) is 3.68. The molecule has 0 rings (SSSR count). The lowest BCUT2D eigenvalue weighted by Crippen LogP contribution is -2.40. The van der Waals surface area contributed by atoms with E-state index in [0.717, 1.165) is 0 Å². The van der Waals surface area contributed by atoms with Crippen LogP contribution in [0.2, 0.25) is 0 Å². The quantitative estimate of drug-likeness (QED) is 0.179. The van der Waals surface area contributed by atoms with E-state index in [1.165, 1.54) is 0 Å². The van der Waals surface area contributed by atoms with Crippen molar-refractivity contribution in [2.24, 2.45) is 5.84 Å². The monoisotopic (exact) mass is 140 g/mol. The number of carbonyl (C=O) groups excluding carboxylic acids is 1. The van der Waals surface area contributed by atoms with Crippen LogP contribution in [0.1, 0.15) is 0 Å². The van der Waals surface area contributed by atoms with Crippen LogP contribution >= 0.6 is 0 Å². The molecule has 0 aliphatic rings. The minimum Gasteiger partial charge on any atom is -0.391 e. The molecule has 0 heterocycles. The third kappa shape index (κ3) is 5.72. The molecule has 3 N–H and O–H groups in total. The van der Waals surface area contributed by atoms with Gasteiger partial charge in [0.15, 0.2) is 0 Å². The molecule has 7 heteroatoms. The van der Waals surface area contributed by atoms with Crippen molar-refractivity contribution in [2.45, 2.75) is 5.30 Å². The van der Waals surface area contributed by atoms with E-state index < -0.39 is 0 Å². The Labute approximate surface area is 63.1 Å². The molecule has 0 aliphatic heterocycles. The fraction of sp³-hybridized carbons (Fsp3) is 0.667. The van der Waals surface area contributed by atoms with E-state index in [1.807, 2.05) is 29.0 Å². The maximum absolute atomic E-state index is 10.5. The number of hydrogen-bond donors (Lipinski definition) is 2. The molecule has 0 atom stereocenters. The lowest BCUT2D eigenvalue weighted by molar-refractivity contribution is -0.126. The van der Waals surface area contributed by atoms with E-state index in [9.17, 15) is 4.79 Å². The van der Waals surface area contributed by atoms with Crippen LogP contribution in [-0.4, -0.2) is 41.4 Å². The highest BCUT2D eigenvalue weighted by Crippen LogP contribution is 1.90. The van der Waals surface area contributed by atoms with E-state index in [4.69, 9.17) is 10.6 Å². The highest BCUT2D eigenvalue weighted by atomic mass is 16.5. The van der Waals surface area contributed by atoms with Crippen molar-refractivity contribution >= 4 is 29.4 Å². The zero-order valence-electron chi connectivity index (χ0n) is 6.60. The van der Waals surface area contributed by atoms with Crippen molar-refractivity contribution in [2.75, 3.05) is 6.61 Å². The normalized spacial score (nSPS) is 10.9. The Morgan fingerprint density at radius 2 is 2.10 bits per heavy atom. The summed E-state index contributed by atoms with van der Waals surface area (Å²) in [7, 11) is 5.62. The van der Waals surface area contributed by atoms with Gasteiger partial charge in [0.1, 0.15) is 30.1 Å². The lowest BCUT2D eigenvalue weighted by Gasteiger charge is -2.18. The maximum atomic E-state index is 10.5. The molecular formula is C3H11B3N2O2. The molecule has 0 radical (unpaired) electrons. The van der Waals surface area contributed by atoms with Gasteiger partial charge >= 0.3 is 0 Å². The van der Waals surface area contributed by atoms with Crippen molar-refractivity contribution in [1.29, 1.82) is 0 Å². The molecule has 0 aromatic rings. The van der Waals surface area contributed by atoms with Gasteiger partial charge in [0.25, 0.3) is 5.91 Å². The van der Waals surface area contributed by atoms with Gasteiger partial charge in [0.2, 0.25) is 0 Å². The first-order chi connectivity index (χ1) is 4.45. The number of ether oxygens (including phenoxy) is 1. The Hall–Kier alpha value is -0.415. The number of rotatable bonds is 3. The summed E-state index contributed by atoms with van der Waals surface area (Å²) in [6, 6.07) is 0. The Balaban J connectivity index is 3.46. The summed E-state index contributed by atoms with van der Waals surface area (Å²) in [6.07, 6.45) is 0. The number of nitrogens with one attached hydrogen (secondary N) is 1. The number of hydrazine groups is 1. The molecule has 4 nitrogen and oxygen atoms in total. The summed E-state index contributed by atoms with van der Waals surface area (Å²) < 4.78 is 5.09. The predicted octanol–water partition coefficient (Wildman–Crippen LogP) is -4.50. The number of amides is 1. The SMILES string of the molecule is BC(B)(B)OCC(=O)NN. The Morgan fingerprint density at radius 1 is 1.60 bits per heavy atom. The molecule has 0 aliphatic carbocycles. The zero-order valence-corrected chi connectivity index (χ0v) is 6.60. The summed E-state index contributed by atoms with van der Waals surface area (Å²) in [6.45, 7) is 0.0139. The molecule has 0 saturated heterocycles. The molecule has 0 aromatic heterocycles. The van der Waals surface area contributed by atoms with Crippen molar-refractivity contribution < 1.29 is 9.53 Å². The maximum Gasteiger partial charge on any atom is 0.259 e. The van der Waals surface area contributed by atoms with Gasteiger partial charge in [-0.05, 0) is 5.30 Å². The Kier molecular flexibility index (Phi) is 3.53. The second-order valence-electron chi connectivity index (χ2n) is 2.97. The molecule has 0 aromatic carbocycles. The Bertz CT molecular complexity index is 123. The van der Waals surface area contributed by atoms with Gasteiger partial charge in [0.05, 0.1) is 0 Å². The highest BCUT2D eigenvalue weighted by molar-refractivity contribution is 6.58. The lowest BCUT2D eigenvalue weighted by atomic mass is 9.52. The van der Waals surface area contributed by atoms with E-state index >= 15 is 0 Å². The van der Waals surface area contributed by atoms with Gasteiger partial charge in [-0.15, -0.1) is 0 Å². The summed E-state index contributed by atoms with van der Waals surface area (Å²) in [5.74, 6) is 4.51. The molecule has 0 saturated carbocycles. The van der Waals surface area contributed by atoms with Gasteiger partial charge in [-0.25, -0.2) is 5.84 Å². The average molecular weight is 140 g/mol. The highest BCUT2D eigenvalue weighted by Gasteiger charge is 2.12. The molecule has 0 spiro atoms. The van der Waals surface area contributed by atoms with E-state index in [1.54, 1.807) is 0 Å². The molecule has 0 bridgehead atoms. The molecular weight excluding hydrogens is 128 g/mol. The minimum absolute atomic E-state index is 0.0139. The van der Waals surface area contributed by atoms with E-state index in [-0.39, 0.29) is 17.8 Å². The van der Waals surface area contributed by atoms with Gasteiger partial charge in [-0.2, -0.15) is 0 Å². The summed E-state index contributed by atoms with van der Waals surface area (Å²) in [4.78, 5) is 10.5. The fourth-order valence-corrected chi connectivity index (χ4v) is 0.324. The minimum atomic E-state index is -0.310. The molecule has 0 fully saturated rings. The van der Waals surface area contributed by atoms with Crippen LogP contribution in [-0.2, 0) is 9.53 Å². The summed E-state index contributed by atoms with van der Waals surface area (Å²) >= 11 is 0. The van der Waals surface area contributed by atoms with E-state index in [2.05, 4.69) is 0 Å². The largest absolute Gasteiger partial charge is 0.391 e. The first-order valence-electron chi connectivity index (χ1n) is 3.09. The van der Waals surface area contributed by atoms with Gasteiger partial charge in [-0.3, -0.25) is 10.2 Å². The molecule has 0 unspecified atom stereocenters. The third-order valence-electron chi connectivity index (χ3n) is 0.797. The van der Waals surface area contributed by atoms with E-state index in [0.29, 0.717) is 0 Å². The first-order valence-corrected chi connectivity index (χ1v) is 3.09. The van der Waals surface area contributed by atoms with Crippen LogP contribution in [0.4, 0.5) is 0 Å². The first kappa shape index (κ1) is 9.58. The fourth-order valence-electron chi connectivity index (χ4n) is 0.324. The van der Waals surface area contributed by atoms with Crippen molar-refractivity contribution in [1.82, 2.24) is 5.43 Å². The average Bonchev–Trinajstić information content (AvgIpc) is 1.81. The Morgan fingerprint density at radius 3 is 2.40 bits per heavy atom. The van der Waals surface area contributed by atoms with Gasteiger partial charge in [-0.1, -0.05) is 0 Å². The van der Waals surface area contributed by atoms with Crippen LogP contribution < -0.4 is 11.3 Å². The standard InChI is InChI=1S/C3H11B3N2O2/c4-3(5,6)10-1-2(9)8-7/h1,4-7H2,(H,8,9). The second-order valence-corrected chi connectivity index (χ2v) is 2.97. The van der Waals surface area contributed by atoms with Crippen LogP contribution in [0.25, 0.3) is 0 Å². The van der Waals surface area contributed by atoms with Crippen molar-refractivity contribution in [3.05, 3.63) is 0 Å². The molecule has 1 amide bonds. The van der Waals surface area contributed by atoms with Crippen LogP contribution in [0.3, 0.4) is 0 Å². The van der Waals surface area contributed by atoms with Crippen LogP contribution in [0.5, 0.6) is 0 Å². The number of carbonyl (C=O) groups is 1. The third-order valence-corrected chi connectivity index (χ3v) is 0.797. The number of nitrogens with two attached hydrogens (primary N) is 1. The van der Waals surface area contributed by atoms with Crippen molar-refractivity contribution in [3.8, 4) is 0 Å². The summed E-state index contributed by atoms with van der Waals surface area (Å²) in [5, 5.41) is -0.285. The van der Waals surface area contributed by atoms with Gasteiger partial charge < -0.3 is 4.74 Å². The van der Waals surface area contributed by atoms with Crippen LogP contribution in [0.15, 0.2) is 0 Å². The van der Waals surface area contributed by atoms with Crippen LogP contribution in [0, 0.1) is 0 Å². The predicted molar refractivity (Wildman–Crippen MR) is 46.6 cm³/mol. The summed E-state index contributed by atoms with van der Waals surface area (Å²) in [5.41, 5.74) is 1.97.